The number of likely N-dealkylation sites (tertiary alicyclic amines) is 2. The fourth-order valence-electron chi connectivity index (χ4n) is 4.15. The van der Waals surface area contributed by atoms with E-state index in [9.17, 15) is 9.90 Å². The van der Waals surface area contributed by atoms with E-state index in [1.165, 1.54) is 12.8 Å². The lowest BCUT2D eigenvalue weighted by Gasteiger charge is -2.41. The van der Waals surface area contributed by atoms with E-state index in [4.69, 9.17) is 0 Å². The third kappa shape index (κ3) is 4.33. The molecule has 1 atom stereocenters. The monoisotopic (exact) mass is 370 g/mol. The Morgan fingerprint density at radius 3 is 2.59 bits per heavy atom. The van der Waals surface area contributed by atoms with Gasteiger partial charge in [-0.2, -0.15) is 0 Å². The van der Waals surface area contributed by atoms with E-state index in [2.05, 4.69) is 20.4 Å². The summed E-state index contributed by atoms with van der Waals surface area (Å²) in [5, 5.41) is 22.1. The van der Waals surface area contributed by atoms with Gasteiger partial charge in [-0.25, -0.2) is 4.68 Å². The Labute approximate surface area is 158 Å². The van der Waals surface area contributed by atoms with Crippen molar-refractivity contribution in [3.63, 3.8) is 0 Å². The summed E-state index contributed by atoms with van der Waals surface area (Å²) in [5.41, 5.74) is 0.891. The topological polar surface area (TPSA) is 87.4 Å². The van der Waals surface area contributed by atoms with Crippen LogP contribution < -0.4 is 0 Å². The third-order valence-electron chi connectivity index (χ3n) is 5.50. The Bertz CT molecular complexity index is 757. The van der Waals surface area contributed by atoms with Gasteiger partial charge in [0.05, 0.1) is 18.7 Å². The summed E-state index contributed by atoms with van der Waals surface area (Å²) in [7, 11) is 0. The van der Waals surface area contributed by atoms with E-state index in [0.29, 0.717) is 31.7 Å². The number of hydrogen-bond acceptors (Lipinski definition) is 6. The van der Waals surface area contributed by atoms with Crippen molar-refractivity contribution in [2.45, 2.75) is 37.8 Å². The number of carbonyl (C=O) groups excluding carboxylic acids is 1. The maximum absolute atomic E-state index is 12.9. The van der Waals surface area contributed by atoms with Crippen LogP contribution in [0, 0.1) is 0 Å². The van der Waals surface area contributed by atoms with Gasteiger partial charge in [-0.1, -0.05) is 12.1 Å². The van der Waals surface area contributed by atoms with Crippen LogP contribution >= 0.6 is 0 Å². The Morgan fingerprint density at radius 2 is 1.89 bits per heavy atom. The van der Waals surface area contributed by atoms with Crippen LogP contribution in [0.1, 0.15) is 41.6 Å². The first-order chi connectivity index (χ1) is 13.1. The molecule has 8 nitrogen and oxygen atoms in total. The zero-order valence-electron chi connectivity index (χ0n) is 15.5. The fourth-order valence-corrected chi connectivity index (χ4v) is 4.15. The quantitative estimate of drug-likeness (QED) is 0.837. The molecule has 0 spiro atoms. The standard InChI is InChI=1S/C19H26N6O2/c26-18(17-6-4-16(5-7-17)12-25-15-20-21-22-25)24-11-3-8-19(27,14-24)13-23-9-1-2-10-23/h4-7,15,27H,1-3,8-14H2/t19-/m1/s1. The molecule has 1 amide bonds. The van der Waals surface area contributed by atoms with Crippen LogP contribution in [0.3, 0.4) is 0 Å². The van der Waals surface area contributed by atoms with Crippen molar-refractivity contribution in [1.29, 1.82) is 0 Å². The van der Waals surface area contributed by atoms with Crippen LogP contribution in [0.25, 0.3) is 0 Å². The fraction of sp³-hybridized carbons (Fsp3) is 0.579. The number of tetrazole rings is 1. The highest BCUT2D eigenvalue weighted by Crippen LogP contribution is 2.25. The van der Waals surface area contributed by atoms with Gasteiger partial charge in [0.25, 0.3) is 5.91 Å². The highest BCUT2D eigenvalue weighted by molar-refractivity contribution is 5.94. The molecule has 1 aromatic heterocycles. The van der Waals surface area contributed by atoms with Gasteiger partial charge < -0.3 is 14.9 Å². The maximum Gasteiger partial charge on any atom is 0.253 e. The van der Waals surface area contributed by atoms with E-state index >= 15 is 0 Å². The van der Waals surface area contributed by atoms with Crippen molar-refractivity contribution in [2.24, 2.45) is 0 Å². The number of aromatic nitrogens is 4. The molecule has 27 heavy (non-hydrogen) atoms. The molecule has 3 heterocycles. The van der Waals surface area contributed by atoms with Gasteiger partial charge in [-0.05, 0) is 66.9 Å². The van der Waals surface area contributed by atoms with Gasteiger partial charge in [0.2, 0.25) is 0 Å². The summed E-state index contributed by atoms with van der Waals surface area (Å²) >= 11 is 0. The number of amides is 1. The average Bonchev–Trinajstić information content (AvgIpc) is 3.36. The van der Waals surface area contributed by atoms with Crippen molar-refractivity contribution >= 4 is 5.91 Å². The molecular weight excluding hydrogens is 344 g/mol. The molecule has 0 saturated carbocycles. The van der Waals surface area contributed by atoms with Gasteiger partial charge >= 0.3 is 0 Å². The first-order valence-corrected chi connectivity index (χ1v) is 9.65. The van der Waals surface area contributed by atoms with Crippen LogP contribution in [0.15, 0.2) is 30.6 Å². The smallest absolute Gasteiger partial charge is 0.253 e. The highest BCUT2D eigenvalue weighted by atomic mass is 16.3. The number of piperidine rings is 1. The van der Waals surface area contributed by atoms with Crippen LogP contribution in [0.2, 0.25) is 0 Å². The van der Waals surface area contributed by atoms with E-state index in [1.807, 2.05) is 24.3 Å². The molecule has 2 fully saturated rings. The Morgan fingerprint density at radius 1 is 1.11 bits per heavy atom. The van der Waals surface area contributed by atoms with E-state index in [-0.39, 0.29) is 5.91 Å². The number of aliphatic hydroxyl groups is 1. The van der Waals surface area contributed by atoms with Crippen molar-refractivity contribution in [1.82, 2.24) is 30.0 Å². The number of carbonyl (C=O) groups is 1. The zero-order chi connectivity index (χ0) is 18.7. The molecule has 0 radical (unpaired) electrons. The lowest BCUT2D eigenvalue weighted by Crippen LogP contribution is -2.55. The molecule has 2 aliphatic rings. The Kier molecular flexibility index (Phi) is 5.18. The molecule has 1 N–H and O–H groups in total. The summed E-state index contributed by atoms with van der Waals surface area (Å²) in [6, 6.07) is 7.54. The van der Waals surface area contributed by atoms with Gasteiger partial charge in [0, 0.05) is 18.7 Å². The van der Waals surface area contributed by atoms with Crippen molar-refractivity contribution in [2.75, 3.05) is 32.7 Å². The second-order valence-corrected chi connectivity index (χ2v) is 7.74. The second kappa shape index (κ2) is 7.74. The zero-order valence-corrected chi connectivity index (χ0v) is 15.5. The van der Waals surface area contributed by atoms with E-state index in [1.54, 1.807) is 15.9 Å². The molecule has 2 saturated heterocycles. The Balaban J connectivity index is 1.39. The molecular formula is C19H26N6O2. The summed E-state index contributed by atoms with van der Waals surface area (Å²) in [6.45, 7) is 4.46. The Hall–Kier alpha value is -2.32. The van der Waals surface area contributed by atoms with Gasteiger partial charge in [0.15, 0.2) is 0 Å². The molecule has 0 unspecified atom stereocenters. The molecule has 0 bridgehead atoms. The summed E-state index contributed by atoms with van der Waals surface area (Å²) in [4.78, 5) is 17.0. The first kappa shape index (κ1) is 18.1. The second-order valence-electron chi connectivity index (χ2n) is 7.74. The van der Waals surface area contributed by atoms with Crippen LogP contribution in [-0.2, 0) is 6.54 Å². The summed E-state index contributed by atoms with van der Waals surface area (Å²) in [5.74, 6) is -0.0106. The minimum absolute atomic E-state index is 0.0106. The predicted molar refractivity (Wildman–Crippen MR) is 99.1 cm³/mol. The van der Waals surface area contributed by atoms with Gasteiger partial charge in [0.1, 0.15) is 6.33 Å². The molecule has 4 rings (SSSR count). The highest BCUT2D eigenvalue weighted by Gasteiger charge is 2.37. The average molecular weight is 370 g/mol. The molecule has 144 valence electrons. The predicted octanol–water partition coefficient (Wildman–Crippen LogP) is 0.784. The van der Waals surface area contributed by atoms with E-state index in [0.717, 1.165) is 31.5 Å². The summed E-state index contributed by atoms with van der Waals surface area (Å²) in [6.07, 6.45) is 5.57. The lowest BCUT2D eigenvalue weighted by atomic mass is 9.91. The SMILES string of the molecule is O=C(c1ccc(Cn2cnnn2)cc1)N1CCC[C@@](O)(CN2CCCC2)C1. The van der Waals surface area contributed by atoms with Crippen molar-refractivity contribution in [3.05, 3.63) is 41.7 Å². The van der Waals surface area contributed by atoms with E-state index < -0.39 is 5.60 Å². The number of β-amino-alcohol motifs (C(OH)–C–C–N with tert-alkyl or cyclic N) is 1. The molecule has 1 aromatic carbocycles. The molecule has 2 aromatic rings. The minimum Gasteiger partial charge on any atom is -0.387 e. The largest absolute Gasteiger partial charge is 0.387 e. The molecule has 0 aliphatic carbocycles. The normalized spacial score (nSPS) is 23.7. The van der Waals surface area contributed by atoms with Crippen molar-refractivity contribution < 1.29 is 9.90 Å². The molecule has 8 heteroatoms. The van der Waals surface area contributed by atoms with Gasteiger partial charge in [-0.15, -0.1) is 5.10 Å². The van der Waals surface area contributed by atoms with Crippen LogP contribution in [0.5, 0.6) is 0 Å². The summed E-state index contributed by atoms with van der Waals surface area (Å²) < 4.78 is 1.64. The van der Waals surface area contributed by atoms with Crippen molar-refractivity contribution in [3.8, 4) is 0 Å². The van der Waals surface area contributed by atoms with Gasteiger partial charge in [-0.3, -0.25) is 4.79 Å². The number of hydrogen-bond donors (Lipinski definition) is 1. The van der Waals surface area contributed by atoms with Crippen LogP contribution in [-0.4, -0.2) is 79.3 Å². The number of nitrogens with zero attached hydrogens (tertiary/aromatic N) is 6. The third-order valence-corrected chi connectivity index (χ3v) is 5.50. The number of rotatable bonds is 5. The molecule has 2 aliphatic heterocycles. The maximum atomic E-state index is 12.9. The first-order valence-electron chi connectivity index (χ1n) is 9.65. The number of benzene rings is 1. The lowest BCUT2D eigenvalue weighted by molar-refractivity contribution is -0.0431. The minimum atomic E-state index is -0.793. The van der Waals surface area contributed by atoms with Crippen LogP contribution in [0.4, 0.5) is 0 Å².